The number of benzene rings is 1. The number of carboxylic acids is 1. The van der Waals surface area contributed by atoms with Crippen LogP contribution >= 0.6 is 23.4 Å². The second kappa shape index (κ2) is 6.11. The van der Waals surface area contributed by atoms with E-state index in [2.05, 4.69) is 0 Å². The topological polar surface area (TPSA) is 74.7 Å². The Bertz CT molecular complexity index is 597. The first-order valence-electron chi connectivity index (χ1n) is 5.70. The first-order valence-corrected chi connectivity index (χ1v) is 6.89. The smallest absolute Gasteiger partial charge is 0.305 e. The van der Waals surface area contributed by atoms with E-state index in [0.717, 1.165) is 22.2 Å². The average Bonchev–Trinajstić information content (AvgIpc) is 2.65. The number of aliphatic carboxylic acids is 1. The Kier molecular flexibility index (Phi) is 4.46. The molecule has 1 aromatic rings. The van der Waals surface area contributed by atoms with Crippen molar-refractivity contribution >= 4 is 46.6 Å². The largest absolute Gasteiger partial charge is 0.481 e. The minimum Gasteiger partial charge on any atom is -0.481 e. The van der Waals surface area contributed by atoms with Gasteiger partial charge in [0.1, 0.15) is 0 Å². The number of rotatable bonds is 4. The Morgan fingerprint density at radius 2 is 1.95 bits per heavy atom. The summed E-state index contributed by atoms with van der Waals surface area (Å²) in [6.45, 7) is -0.113. The number of imide groups is 1. The van der Waals surface area contributed by atoms with Gasteiger partial charge in [0.15, 0.2) is 0 Å². The fourth-order valence-corrected chi connectivity index (χ4v) is 2.60. The molecular weight excluding hydrogens is 302 g/mol. The third-order valence-corrected chi connectivity index (χ3v) is 3.75. The van der Waals surface area contributed by atoms with Crippen molar-refractivity contribution in [3.8, 4) is 0 Å². The highest BCUT2D eigenvalue weighted by atomic mass is 35.5. The molecule has 1 saturated heterocycles. The molecule has 0 spiro atoms. The first kappa shape index (κ1) is 14.6. The van der Waals surface area contributed by atoms with Gasteiger partial charge in [-0.15, -0.1) is 0 Å². The van der Waals surface area contributed by atoms with Crippen molar-refractivity contribution in [1.82, 2.24) is 4.90 Å². The lowest BCUT2D eigenvalue weighted by atomic mass is 10.2. The number of hydrogen-bond donors (Lipinski definition) is 1. The maximum absolute atomic E-state index is 12.0. The molecule has 0 atom stereocenters. The van der Waals surface area contributed by atoms with Gasteiger partial charge in [-0.25, -0.2) is 0 Å². The quantitative estimate of drug-likeness (QED) is 0.865. The maximum atomic E-state index is 12.0. The Balaban J connectivity index is 2.14. The molecule has 0 radical (unpaired) electrons. The number of amides is 2. The summed E-state index contributed by atoms with van der Waals surface area (Å²) in [5.41, 5.74) is 0.748. The van der Waals surface area contributed by atoms with Crippen molar-refractivity contribution < 1.29 is 19.5 Å². The predicted molar refractivity (Wildman–Crippen MR) is 76.4 cm³/mol. The molecule has 1 heterocycles. The van der Waals surface area contributed by atoms with Crippen LogP contribution in [0.1, 0.15) is 12.0 Å². The summed E-state index contributed by atoms with van der Waals surface area (Å²) in [5, 5.41) is 8.72. The van der Waals surface area contributed by atoms with E-state index in [-0.39, 0.29) is 17.9 Å². The molecule has 0 unspecified atom stereocenters. The third kappa shape index (κ3) is 3.40. The van der Waals surface area contributed by atoms with Crippen LogP contribution in [0.3, 0.4) is 0 Å². The van der Waals surface area contributed by atoms with Crippen molar-refractivity contribution in [1.29, 1.82) is 0 Å². The van der Waals surface area contributed by atoms with Gasteiger partial charge in [0, 0.05) is 11.6 Å². The van der Waals surface area contributed by atoms with Crippen molar-refractivity contribution in [2.45, 2.75) is 6.42 Å². The Labute approximate surface area is 124 Å². The van der Waals surface area contributed by atoms with Crippen molar-refractivity contribution in [3.05, 3.63) is 39.8 Å². The lowest BCUT2D eigenvalue weighted by molar-refractivity contribution is -0.137. The van der Waals surface area contributed by atoms with Crippen LogP contribution in [0.15, 0.2) is 29.2 Å². The highest BCUT2D eigenvalue weighted by Gasteiger charge is 2.34. The fourth-order valence-electron chi connectivity index (χ4n) is 1.61. The van der Waals surface area contributed by atoms with Gasteiger partial charge in [0.2, 0.25) is 0 Å². The van der Waals surface area contributed by atoms with Gasteiger partial charge in [0.05, 0.1) is 11.3 Å². The summed E-state index contributed by atoms with van der Waals surface area (Å²) in [5.74, 6) is -1.51. The van der Waals surface area contributed by atoms with Crippen LogP contribution in [0.4, 0.5) is 4.79 Å². The van der Waals surface area contributed by atoms with Crippen LogP contribution < -0.4 is 0 Å². The SMILES string of the molecule is O=C(O)CCN1C(=O)S/C(=C/c2ccc(Cl)cc2)C1=O. The van der Waals surface area contributed by atoms with Crippen molar-refractivity contribution in [3.63, 3.8) is 0 Å². The van der Waals surface area contributed by atoms with Crippen LogP contribution in [-0.4, -0.2) is 33.7 Å². The summed E-state index contributed by atoms with van der Waals surface area (Å²) < 4.78 is 0. The lowest BCUT2D eigenvalue weighted by Gasteiger charge is -2.09. The van der Waals surface area contributed by atoms with E-state index in [4.69, 9.17) is 16.7 Å². The monoisotopic (exact) mass is 311 g/mol. The molecule has 2 rings (SSSR count). The average molecular weight is 312 g/mol. The Morgan fingerprint density at radius 1 is 1.30 bits per heavy atom. The Hall–Kier alpha value is -1.79. The fraction of sp³-hybridized carbons (Fsp3) is 0.154. The number of halogens is 1. The van der Waals surface area contributed by atoms with Crippen LogP contribution in [0.5, 0.6) is 0 Å². The van der Waals surface area contributed by atoms with Gasteiger partial charge >= 0.3 is 5.97 Å². The summed E-state index contributed by atoms with van der Waals surface area (Å²) in [6.07, 6.45) is 1.33. The molecular formula is C13H10ClNO4S. The summed E-state index contributed by atoms with van der Waals surface area (Å²) in [4.78, 5) is 35.4. The molecule has 1 aromatic carbocycles. The molecule has 0 saturated carbocycles. The molecule has 1 N–H and O–H groups in total. The number of carboxylic acid groups (broad SMARTS) is 1. The minimum absolute atomic E-state index is 0.113. The van der Waals surface area contributed by atoms with Gasteiger partial charge < -0.3 is 5.11 Å². The number of carbonyl (C=O) groups is 3. The van der Waals surface area contributed by atoms with Crippen LogP contribution in [0.25, 0.3) is 6.08 Å². The van der Waals surface area contributed by atoms with E-state index in [0.29, 0.717) is 5.02 Å². The van der Waals surface area contributed by atoms with Crippen molar-refractivity contribution in [2.75, 3.05) is 6.54 Å². The van der Waals surface area contributed by atoms with E-state index in [9.17, 15) is 14.4 Å². The molecule has 0 aliphatic carbocycles. The third-order valence-electron chi connectivity index (χ3n) is 2.59. The Morgan fingerprint density at radius 3 is 2.55 bits per heavy atom. The van der Waals surface area contributed by atoms with Gasteiger partial charge in [-0.05, 0) is 35.5 Å². The number of carbonyl (C=O) groups excluding carboxylic acids is 2. The zero-order valence-corrected chi connectivity index (χ0v) is 11.8. The van der Waals surface area contributed by atoms with E-state index in [1.807, 2.05) is 0 Å². The highest BCUT2D eigenvalue weighted by molar-refractivity contribution is 8.18. The molecule has 1 fully saturated rings. The number of hydrogen-bond acceptors (Lipinski definition) is 4. The number of thioether (sulfide) groups is 1. The van der Waals surface area contributed by atoms with Gasteiger partial charge in [-0.2, -0.15) is 0 Å². The predicted octanol–water partition coefficient (Wildman–Crippen LogP) is 2.85. The molecule has 1 aliphatic heterocycles. The standard InChI is InChI=1S/C13H10ClNO4S/c14-9-3-1-8(2-4-9)7-10-12(18)15(13(19)20-10)6-5-11(16)17/h1-4,7H,5-6H2,(H,16,17)/b10-7+. The molecule has 2 amide bonds. The van der Waals surface area contributed by atoms with Crippen LogP contribution in [0.2, 0.25) is 5.02 Å². The zero-order chi connectivity index (χ0) is 14.7. The maximum Gasteiger partial charge on any atom is 0.305 e. The van der Waals surface area contributed by atoms with E-state index >= 15 is 0 Å². The van der Waals surface area contributed by atoms with Gasteiger partial charge in [-0.3, -0.25) is 19.3 Å². The summed E-state index contributed by atoms with van der Waals surface area (Å²) in [7, 11) is 0. The van der Waals surface area contributed by atoms with E-state index < -0.39 is 17.1 Å². The minimum atomic E-state index is -1.05. The lowest BCUT2D eigenvalue weighted by Crippen LogP contribution is -2.30. The van der Waals surface area contributed by atoms with E-state index in [1.165, 1.54) is 0 Å². The normalized spacial score (nSPS) is 17.1. The molecule has 20 heavy (non-hydrogen) atoms. The highest BCUT2D eigenvalue weighted by Crippen LogP contribution is 2.32. The molecule has 7 heteroatoms. The van der Waals surface area contributed by atoms with Crippen LogP contribution in [-0.2, 0) is 9.59 Å². The summed E-state index contributed by atoms with van der Waals surface area (Å²) >= 11 is 6.57. The number of nitrogens with zero attached hydrogens (tertiary/aromatic N) is 1. The zero-order valence-electron chi connectivity index (χ0n) is 10.2. The second-order valence-corrected chi connectivity index (χ2v) is 5.46. The van der Waals surface area contributed by atoms with Crippen molar-refractivity contribution in [2.24, 2.45) is 0 Å². The first-order chi connectivity index (χ1) is 9.47. The molecule has 0 aromatic heterocycles. The molecule has 1 aliphatic rings. The van der Waals surface area contributed by atoms with E-state index in [1.54, 1.807) is 30.3 Å². The van der Waals surface area contributed by atoms with Gasteiger partial charge in [0.25, 0.3) is 11.1 Å². The van der Waals surface area contributed by atoms with Gasteiger partial charge in [-0.1, -0.05) is 23.7 Å². The second-order valence-electron chi connectivity index (χ2n) is 4.03. The molecule has 104 valence electrons. The molecule has 0 bridgehead atoms. The van der Waals surface area contributed by atoms with Crippen LogP contribution in [0, 0.1) is 0 Å². The molecule has 5 nitrogen and oxygen atoms in total. The summed E-state index contributed by atoms with van der Waals surface area (Å²) in [6, 6.07) is 6.82.